The van der Waals surface area contributed by atoms with Crippen LogP contribution in [0.1, 0.15) is 33.6 Å². The number of nitrogens with one attached hydrogen (secondary N) is 1. The second-order valence-corrected chi connectivity index (χ2v) is 5.63. The Kier molecular flexibility index (Phi) is 5.19. The Bertz CT molecular complexity index is 305. The predicted octanol–water partition coefficient (Wildman–Crippen LogP) is 0.779. The highest BCUT2D eigenvalue weighted by molar-refractivity contribution is 5.81. The molecule has 0 aromatic rings. The summed E-state index contributed by atoms with van der Waals surface area (Å²) >= 11 is 0. The van der Waals surface area contributed by atoms with Crippen molar-refractivity contribution in [2.45, 2.75) is 57.9 Å². The fourth-order valence-electron chi connectivity index (χ4n) is 2.70. The number of hydrogen-bond acceptors (Lipinski definition) is 4. The molecule has 2 heterocycles. The first-order chi connectivity index (χ1) is 9.09. The lowest BCUT2D eigenvalue weighted by Gasteiger charge is -2.39. The Morgan fingerprint density at radius 3 is 3.00 bits per heavy atom. The summed E-state index contributed by atoms with van der Waals surface area (Å²) in [6.07, 6.45) is 1.94. The molecule has 0 spiro atoms. The summed E-state index contributed by atoms with van der Waals surface area (Å²) in [7, 11) is 0. The Balaban J connectivity index is 1.80. The van der Waals surface area contributed by atoms with Crippen molar-refractivity contribution < 1.29 is 14.3 Å². The highest BCUT2D eigenvalue weighted by Crippen LogP contribution is 2.15. The molecule has 0 radical (unpaired) electrons. The number of nitrogens with zero attached hydrogens (tertiary/aromatic N) is 1. The van der Waals surface area contributed by atoms with E-state index in [1.807, 2.05) is 11.8 Å². The van der Waals surface area contributed by atoms with Crippen LogP contribution in [-0.4, -0.2) is 61.4 Å². The van der Waals surface area contributed by atoms with Gasteiger partial charge < -0.3 is 19.7 Å². The van der Waals surface area contributed by atoms with E-state index in [-0.39, 0.29) is 24.2 Å². The average molecular weight is 270 g/mol. The third kappa shape index (κ3) is 3.68. The Hall–Kier alpha value is -0.650. The lowest BCUT2D eigenvalue weighted by atomic mass is 10.1. The number of hydrogen-bond donors (Lipinski definition) is 1. The molecule has 5 heteroatoms. The van der Waals surface area contributed by atoms with Crippen LogP contribution in [0.4, 0.5) is 0 Å². The maximum atomic E-state index is 12.4. The molecule has 0 aromatic heterocycles. The predicted molar refractivity (Wildman–Crippen MR) is 73.0 cm³/mol. The highest BCUT2D eigenvalue weighted by Gasteiger charge is 2.31. The molecule has 4 unspecified atom stereocenters. The van der Waals surface area contributed by atoms with Crippen LogP contribution in [0.2, 0.25) is 0 Å². The van der Waals surface area contributed by atoms with Crippen molar-refractivity contribution in [3.05, 3.63) is 0 Å². The number of carbonyl (C=O) groups excluding carboxylic acids is 1. The van der Waals surface area contributed by atoms with E-state index in [1.165, 1.54) is 0 Å². The zero-order valence-corrected chi connectivity index (χ0v) is 12.2. The maximum absolute atomic E-state index is 12.4. The minimum atomic E-state index is -0.378. The zero-order chi connectivity index (χ0) is 13.8. The lowest BCUT2D eigenvalue weighted by Crippen LogP contribution is -2.59. The van der Waals surface area contributed by atoms with Gasteiger partial charge in [0.15, 0.2) is 0 Å². The molecule has 0 aromatic carbocycles. The van der Waals surface area contributed by atoms with Crippen LogP contribution in [-0.2, 0) is 14.3 Å². The van der Waals surface area contributed by atoms with Crippen molar-refractivity contribution in [2.75, 3.05) is 26.3 Å². The quantitative estimate of drug-likeness (QED) is 0.820. The Morgan fingerprint density at radius 1 is 1.53 bits per heavy atom. The number of rotatable bonds is 4. The van der Waals surface area contributed by atoms with Gasteiger partial charge in [-0.2, -0.15) is 0 Å². The summed E-state index contributed by atoms with van der Waals surface area (Å²) in [5.74, 6) is 0.0962. The second kappa shape index (κ2) is 6.68. The van der Waals surface area contributed by atoms with Gasteiger partial charge in [-0.15, -0.1) is 0 Å². The second-order valence-electron chi connectivity index (χ2n) is 5.63. The molecular formula is C14H26N2O3. The molecule has 2 saturated heterocycles. The Morgan fingerprint density at radius 2 is 2.32 bits per heavy atom. The van der Waals surface area contributed by atoms with Crippen molar-refractivity contribution in [3.8, 4) is 0 Å². The third-order valence-electron chi connectivity index (χ3n) is 4.22. The van der Waals surface area contributed by atoms with Crippen molar-refractivity contribution >= 4 is 5.91 Å². The topological polar surface area (TPSA) is 50.8 Å². The van der Waals surface area contributed by atoms with Crippen molar-refractivity contribution in [1.82, 2.24) is 10.2 Å². The van der Waals surface area contributed by atoms with Gasteiger partial charge in [0.2, 0.25) is 0 Å². The minimum Gasteiger partial charge on any atom is -0.376 e. The molecule has 0 aliphatic carbocycles. The van der Waals surface area contributed by atoms with E-state index in [0.717, 1.165) is 32.5 Å². The molecule has 1 amide bonds. The number of amides is 1. The van der Waals surface area contributed by atoms with Crippen LogP contribution >= 0.6 is 0 Å². The molecule has 2 aliphatic rings. The van der Waals surface area contributed by atoms with Gasteiger partial charge in [-0.3, -0.25) is 4.79 Å². The standard InChI is InChI=1S/C14H26N2O3/c1-10-11(2)16(7-6-15-10)14(17)12(3)19-9-13-5-4-8-18-13/h10-13,15H,4-9H2,1-3H3. The minimum absolute atomic E-state index is 0.0962. The number of ether oxygens (including phenoxy) is 2. The van der Waals surface area contributed by atoms with Gasteiger partial charge in [0, 0.05) is 31.8 Å². The van der Waals surface area contributed by atoms with Gasteiger partial charge in [-0.05, 0) is 33.6 Å². The summed E-state index contributed by atoms with van der Waals surface area (Å²) in [5.41, 5.74) is 0. The van der Waals surface area contributed by atoms with E-state index in [2.05, 4.69) is 19.2 Å². The van der Waals surface area contributed by atoms with Crippen molar-refractivity contribution in [2.24, 2.45) is 0 Å². The molecule has 0 bridgehead atoms. The first-order valence-electron chi connectivity index (χ1n) is 7.36. The van der Waals surface area contributed by atoms with E-state index in [0.29, 0.717) is 12.6 Å². The van der Waals surface area contributed by atoms with Crippen molar-refractivity contribution in [3.63, 3.8) is 0 Å². The van der Waals surface area contributed by atoms with Crippen LogP contribution in [0, 0.1) is 0 Å². The van der Waals surface area contributed by atoms with Crippen molar-refractivity contribution in [1.29, 1.82) is 0 Å². The largest absolute Gasteiger partial charge is 0.376 e. The van der Waals surface area contributed by atoms with Crippen LogP contribution < -0.4 is 5.32 Å². The monoisotopic (exact) mass is 270 g/mol. The first-order valence-corrected chi connectivity index (χ1v) is 7.36. The summed E-state index contributed by atoms with van der Waals surface area (Å²) in [6.45, 7) is 9.01. The molecular weight excluding hydrogens is 244 g/mol. The normalized spacial score (nSPS) is 33.4. The van der Waals surface area contributed by atoms with Crippen LogP contribution in [0.25, 0.3) is 0 Å². The summed E-state index contributed by atoms with van der Waals surface area (Å²) in [5, 5.41) is 3.38. The summed E-state index contributed by atoms with van der Waals surface area (Å²) < 4.78 is 11.2. The van der Waals surface area contributed by atoms with Gasteiger partial charge >= 0.3 is 0 Å². The molecule has 19 heavy (non-hydrogen) atoms. The van der Waals surface area contributed by atoms with E-state index in [9.17, 15) is 4.79 Å². The molecule has 5 nitrogen and oxygen atoms in total. The first kappa shape index (κ1) is 14.8. The van der Waals surface area contributed by atoms with E-state index < -0.39 is 0 Å². The Labute approximate surface area is 115 Å². The maximum Gasteiger partial charge on any atom is 0.251 e. The van der Waals surface area contributed by atoms with Crippen LogP contribution in [0.3, 0.4) is 0 Å². The molecule has 110 valence electrons. The molecule has 0 saturated carbocycles. The molecule has 2 rings (SSSR count). The SMILES string of the molecule is CC(OCC1CCCO1)C(=O)N1CCNC(C)C1C. The molecule has 2 fully saturated rings. The fraction of sp³-hybridized carbons (Fsp3) is 0.929. The molecule has 4 atom stereocenters. The van der Waals surface area contributed by atoms with Crippen LogP contribution in [0.15, 0.2) is 0 Å². The third-order valence-corrected chi connectivity index (χ3v) is 4.22. The smallest absolute Gasteiger partial charge is 0.251 e. The number of carbonyl (C=O) groups is 1. The highest BCUT2D eigenvalue weighted by atomic mass is 16.5. The van der Waals surface area contributed by atoms with Gasteiger partial charge in [-0.25, -0.2) is 0 Å². The lowest BCUT2D eigenvalue weighted by molar-refractivity contribution is -0.148. The van der Waals surface area contributed by atoms with E-state index >= 15 is 0 Å². The molecule has 2 aliphatic heterocycles. The van der Waals surface area contributed by atoms with Gasteiger partial charge in [0.25, 0.3) is 5.91 Å². The fourth-order valence-corrected chi connectivity index (χ4v) is 2.70. The van der Waals surface area contributed by atoms with E-state index in [1.54, 1.807) is 0 Å². The number of piperazine rings is 1. The van der Waals surface area contributed by atoms with Crippen LogP contribution in [0.5, 0.6) is 0 Å². The zero-order valence-electron chi connectivity index (χ0n) is 12.2. The summed E-state index contributed by atoms with van der Waals surface area (Å²) in [4.78, 5) is 14.3. The van der Waals surface area contributed by atoms with Gasteiger partial charge in [-0.1, -0.05) is 0 Å². The van der Waals surface area contributed by atoms with Gasteiger partial charge in [0.05, 0.1) is 12.7 Å². The average Bonchev–Trinajstić information content (AvgIpc) is 2.91. The van der Waals surface area contributed by atoms with Gasteiger partial charge in [0.1, 0.15) is 6.10 Å². The van der Waals surface area contributed by atoms with E-state index in [4.69, 9.17) is 9.47 Å². The molecule has 1 N–H and O–H groups in total. The summed E-state index contributed by atoms with van der Waals surface area (Å²) in [6, 6.07) is 0.554.